The summed E-state index contributed by atoms with van der Waals surface area (Å²) in [4.78, 5) is 11.7. The molecule has 0 saturated carbocycles. The number of carbonyl (C=O) groups excluding carboxylic acids is 1. The van der Waals surface area contributed by atoms with Gasteiger partial charge in [-0.2, -0.15) is 0 Å². The van der Waals surface area contributed by atoms with Gasteiger partial charge in [-0.3, -0.25) is 0 Å². The first-order valence-electron chi connectivity index (χ1n) is 7.00. The molecule has 0 spiro atoms. The van der Waals surface area contributed by atoms with E-state index in [0.717, 1.165) is 5.56 Å². The van der Waals surface area contributed by atoms with Crippen molar-refractivity contribution in [1.82, 2.24) is 5.32 Å². The van der Waals surface area contributed by atoms with Crippen LogP contribution in [0.4, 0.5) is 4.79 Å². The Morgan fingerprint density at radius 1 is 1.18 bits per heavy atom. The van der Waals surface area contributed by atoms with Crippen molar-refractivity contribution in [3.8, 4) is 5.75 Å². The Bertz CT molecular complexity index is 615. The van der Waals surface area contributed by atoms with Gasteiger partial charge in [-0.05, 0) is 30.2 Å². The van der Waals surface area contributed by atoms with E-state index >= 15 is 0 Å². The number of alkyl carbamates (subject to hydrolysis) is 1. The van der Waals surface area contributed by atoms with E-state index in [1.807, 2.05) is 30.3 Å². The first-order valence-corrected chi connectivity index (χ1v) is 7.00. The largest absolute Gasteiger partial charge is 0.508 e. The van der Waals surface area contributed by atoms with Crippen LogP contribution in [-0.2, 0) is 11.3 Å². The minimum Gasteiger partial charge on any atom is -0.508 e. The third kappa shape index (κ3) is 4.49. The number of phenols is 1. The van der Waals surface area contributed by atoms with Gasteiger partial charge >= 0.3 is 6.09 Å². The summed E-state index contributed by atoms with van der Waals surface area (Å²) >= 11 is 0. The van der Waals surface area contributed by atoms with Crippen LogP contribution >= 0.6 is 0 Å². The van der Waals surface area contributed by atoms with E-state index in [1.165, 1.54) is 12.1 Å². The molecule has 2 aromatic carbocycles. The number of hydrogen-bond donors (Lipinski definition) is 3. The number of aliphatic hydroxyl groups is 1. The topological polar surface area (TPSA) is 78.8 Å². The van der Waals surface area contributed by atoms with Gasteiger partial charge in [0.05, 0.1) is 12.1 Å². The molecule has 0 aliphatic heterocycles. The lowest BCUT2D eigenvalue weighted by atomic mass is 10.0. The number of aliphatic hydroxyl groups excluding tert-OH is 1. The molecule has 3 N–H and O–H groups in total. The standard InChI is InChI=1S/C17H19NO4/c1-12(16(20)14-8-5-9-15(19)10-14)18-17(21)22-11-13-6-3-2-4-7-13/h2-10,12,16,19-20H,11H2,1H3,(H,18,21)/t12-,16-/m1/s1. The van der Waals surface area contributed by atoms with Crippen LogP contribution < -0.4 is 5.32 Å². The molecule has 1 amide bonds. The number of ether oxygens (including phenoxy) is 1. The lowest BCUT2D eigenvalue weighted by molar-refractivity contribution is 0.106. The molecule has 2 rings (SSSR count). The molecule has 22 heavy (non-hydrogen) atoms. The summed E-state index contributed by atoms with van der Waals surface area (Å²) in [6.45, 7) is 1.83. The Hall–Kier alpha value is -2.53. The highest BCUT2D eigenvalue weighted by Crippen LogP contribution is 2.20. The van der Waals surface area contributed by atoms with Crippen molar-refractivity contribution in [2.75, 3.05) is 0 Å². The smallest absolute Gasteiger partial charge is 0.407 e. The Kier molecular flexibility index (Phi) is 5.38. The van der Waals surface area contributed by atoms with Crippen LogP contribution in [0.3, 0.4) is 0 Å². The fourth-order valence-corrected chi connectivity index (χ4v) is 2.03. The summed E-state index contributed by atoms with van der Waals surface area (Å²) in [6, 6.07) is 15.1. The molecule has 0 heterocycles. The summed E-state index contributed by atoms with van der Waals surface area (Å²) in [5.74, 6) is 0.0652. The van der Waals surface area contributed by atoms with Gasteiger partial charge in [0, 0.05) is 0 Å². The van der Waals surface area contributed by atoms with Gasteiger partial charge in [-0.15, -0.1) is 0 Å². The predicted octanol–water partition coefficient (Wildman–Crippen LogP) is 2.74. The van der Waals surface area contributed by atoms with Crippen molar-refractivity contribution in [1.29, 1.82) is 0 Å². The number of carbonyl (C=O) groups is 1. The van der Waals surface area contributed by atoms with Gasteiger partial charge in [-0.1, -0.05) is 42.5 Å². The average molecular weight is 301 g/mol. The Morgan fingerprint density at radius 2 is 1.91 bits per heavy atom. The van der Waals surface area contributed by atoms with Crippen molar-refractivity contribution >= 4 is 6.09 Å². The van der Waals surface area contributed by atoms with Gasteiger partial charge in [0.15, 0.2) is 0 Å². The number of nitrogens with one attached hydrogen (secondary N) is 1. The second-order valence-electron chi connectivity index (χ2n) is 5.03. The third-order valence-corrected chi connectivity index (χ3v) is 3.24. The Morgan fingerprint density at radius 3 is 2.59 bits per heavy atom. The van der Waals surface area contributed by atoms with Gasteiger partial charge in [0.25, 0.3) is 0 Å². The molecule has 0 bridgehead atoms. The van der Waals surface area contributed by atoms with Gasteiger partial charge in [-0.25, -0.2) is 4.79 Å². The van der Waals surface area contributed by atoms with E-state index in [2.05, 4.69) is 5.32 Å². The quantitative estimate of drug-likeness (QED) is 0.793. The zero-order valence-electron chi connectivity index (χ0n) is 12.3. The lowest BCUT2D eigenvalue weighted by Crippen LogP contribution is -2.37. The van der Waals surface area contributed by atoms with E-state index in [1.54, 1.807) is 19.1 Å². The molecule has 2 atom stereocenters. The van der Waals surface area contributed by atoms with E-state index in [9.17, 15) is 15.0 Å². The number of benzene rings is 2. The molecule has 0 saturated heterocycles. The minimum atomic E-state index is -0.934. The highest BCUT2D eigenvalue weighted by molar-refractivity contribution is 5.67. The van der Waals surface area contributed by atoms with E-state index in [0.29, 0.717) is 5.56 Å². The minimum absolute atomic E-state index is 0.0652. The third-order valence-electron chi connectivity index (χ3n) is 3.24. The SMILES string of the molecule is C[C@@H](NC(=O)OCc1ccccc1)[C@@H](O)c1cccc(O)c1. The summed E-state index contributed by atoms with van der Waals surface area (Å²) in [5.41, 5.74) is 1.41. The molecule has 0 radical (unpaired) electrons. The summed E-state index contributed by atoms with van der Waals surface area (Å²) in [6.07, 6.45) is -1.54. The molecular formula is C17H19NO4. The van der Waals surface area contributed by atoms with Crippen LogP contribution in [0.5, 0.6) is 5.75 Å². The van der Waals surface area contributed by atoms with Crippen LogP contribution in [0.15, 0.2) is 54.6 Å². The summed E-state index contributed by atoms with van der Waals surface area (Å²) in [5, 5.41) is 22.2. The monoisotopic (exact) mass is 301 g/mol. The molecule has 0 aliphatic rings. The van der Waals surface area contributed by atoms with E-state index < -0.39 is 18.2 Å². The van der Waals surface area contributed by atoms with E-state index in [-0.39, 0.29) is 12.4 Å². The lowest BCUT2D eigenvalue weighted by Gasteiger charge is -2.20. The number of hydrogen-bond acceptors (Lipinski definition) is 4. The maximum Gasteiger partial charge on any atom is 0.407 e. The molecule has 0 aromatic heterocycles. The summed E-state index contributed by atoms with van der Waals surface area (Å²) < 4.78 is 5.10. The van der Waals surface area contributed by atoms with Crippen molar-refractivity contribution in [2.45, 2.75) is 25.7 Å². The maximum atomic E-state index is 11.7. The molecule has 5 nitrogen and oxygen atoms in total. The maximum absolute atomic E-state index is 11.7. The van der Waals surface area contributed by atoms with Crippen molar-refractivity contribution in [2.24, 2.45) is 0 Å². The zero-order valence-corrected chi connectivity index (χ0v) is 12.3. The zero-order chi connectivity index (χ0) is 15.9. The molecular weight excluding hydrogens is 282 g/mol. The molecule has 0 aliphatic carbocycles. The molecule has 0 unspecified atom stereocenters. The van der Waals surface area contributed by atoms with Gasteiger partial charge in [0.2, 0.25) is 0 Å². The normalized spacial score (nSPS) is 13.2. The van der Waals surface area contributed by atoms with Crippen molar-refractivity contribution in [3.05, 3.63) is 65.7 Å². The fourth-order valence-electron chi connectivity index (χ4n) is 2.03. The Labute approximate surface area is 129 Å². The van der Waals surface area contributed by atoms with Crippen LogP contribution in [-0.4, -0.2) is 22.3 Å². The predicted molar refractivity (Wildman–Crippen MR) is 82.3 cm³/mol. The Balaban J connectivity index is 1.85. The molecule has 0 fully saturated rings. The molecule has 116 valence electrons. The van der Waals surface area contributed by atoms with Crippen LogP contribution in [0, 0.1) is 0 Å². The van der Waals surface area contributed by atoms with Crippen LogP contribution in [0.25, 0.3) is 0 Å². The molecule has 2 aromatic rings. The second kappa shape index (κ2) is 7.47. The number of amides is 1. The van der Waals surface area contributed by atoms with E-state index in [4.69, 9.17) is 4.74 Å². The number of rotatable bonds is 5. The molecule has 5 heteroatoms. The highest BCUT2D eigenvalue weighted by atomic mass is 16.5. The van der Waals surface area contributed by atoms with Crippen molar-refractivity contribution in [3.63, 3.8) is 0 Å². The first-order chi connectivity index (χ1) is 10.6. The first kappa shape index (κ1) is 15.9. The van der Waals surface area contributed by atoms with Crippen LogP contribution in [0.1, 0.15) is 24.2 Å². The number of phenolic OH excluding ortho intramolecular Hbond substituents is 1. The average Bonchev–Trinajstić information content (AvgIpc) is 2.53. The van der Waals surface area contributed by atoms with Gasteiger partial charge in [0.1, 0.15) is 12.4 Å². The van der Waals surface area contributed by atoms with Crippen LogP contribution in [0.2, 0.25) is 0 Å². The highest BCUT2D eigenvalue weighted by Gasteiger charge is 2.19. The number of aromatic hydroxyl groups is 1. The summed E-state index contributed by atoms with van der Waals surface area (Å²) in [7, 11) is 0. The van der Waals surface area contributed by atoms with Crippen molar-refractivity contribution < 1.29 is 19.7 Å². The fraction of sp³-hybridized carbons (Fsp3) is 0.235. The second-order valence-corrected chi connectivity index (χ2v) is 5.03. The van der Waals surface area contributed by atoms with Gasteiger partial charge < -0.3 is 20.3 Å².